The van der Waals surface area contributed by atoms with Crippen LogP contribution in [-0.2, 0) is 6.18 Å². The van der Waals surface area contributed by atoms with Crippen molar-refractivity contribution in [2.75, 3.05) is 55.8 Å². The zero-order valence-electron chi connectivity index (χ0n) is 16.7. The first-order chi connectivity index (χ1) is 13.6. The molecule has 0 amide bonds. The lowest BCUT2D eigenvalue weighted by Gasteiger charge is -2.27. The van der Waals surface area contributed by atoms with Gasteiger partial charge in [-0.3, -0.25) is 4.90 Å². The van der Waals surface area contributed by atoms with Crippen LogP contribution in [0.1, 0.15) is 30.8 Å². The van der Waals surface area contributed by atoms with Crippen LogP contribution in [0.15, 0.2) is 18.3 Å². The number of pyridine rings is 1. The Bertz CT molecular complexity index is 825. The van der Waals surface area contributed by atoms with Crippen LogP contribution in [0.2, 0.25) is 0 Å². The molecule has 2 N–H and O–H groups in total. The van der Waals surface area contributed by atoms with Crippen LogP contribution in [0.4, 0.5) is 30.9 Å². The highest BCUT2D eigenvalue weighted by molar-refractivity contribution is 5.40. The molecule has 1 atom stereocenters. The van der Waals surface area contributed by atoms with Crippen molar-refractivity contribution in [3.8, 4) is 0 Å². The van der Waals surface area contributed by atoms with E-state index in [4.69, 9.17) is 5.73 Å². The zero-order valence-corrected chi connectivity index (χ0v) is 16.7. The van der Waals surface area contributed by atoms with Crippen molar-refractivity contribution in [2.45, 2.75) is 25.6 Å². The van der Waals surface area contributed by atoms with Crippen LogP contribution in [0.5, 0.6) is 0 Å². The third-order valence-electron chi connectivity index (χ3n) is 4.91. The summed E-state index contributed by atoms with van der Waals surface area (Å²) in [6.45, 7) is 4.88. The van der Waals surface area contributed by atoms with E-state index in [1.807, 2.05) is 25.9 Å². The largest absolute Gasteiger partial charge is 0.417 e. The molecule has 0 bridgehead atoms. The van der Waals surface area contributed by atoms with Gasteiger partial charge in [-0.2, -0.15) is 28.1 Å². The van der Waals surface area contributed by atoms with Gasteiger partial charge in [0, 0.05) is 46.5 Å². The fourth-order valence-corrected chi connectivity index (χ4v) is 3.24. The first kappa shape index (κ1) is 21.0. The molecule has 1 fully saturated rings. The Hall–Kier alpha value is -2.69. The molecule has 1 aliphatic heterocycles. The Balaban J connectivity index is 1.70. The van der Waals surface area contributed by atoms with Gasteiger partial charge >= 0.3 is 6.18 Å². The van der Waals surface area contributed by atoms with Gasteiger partial charge in [0.2, 0.25) is 11.9 Å². The van der Waals surface area contributed by atoms with Gasteiger partial charge in [-0.05, 0) is 25.5 Å². The first-order valence-corrected chi connectivity index (χ1v) is 9.36. The van der Waals surface area contributed by atoms with Crippen molar-refractivity contribution >= 4 is 17.7 Å². The topological polar surface area (TPSA) is 87.3 Å². The van der Waals surface area contributed by atoms with E-state index in [0.717, 1.165) is 25.2 Å². The van der Waals surface area contributed by atoms with Crippen LogP contribution in [0, 0.1) is 0 Å². The third kappa shape index (κ3) is 5.03. The molecule has 3 rings (SSSR count). The van der Waals surface area contributed by atoms with Crippen LogP contribution in [-0.4, -0.2) is 65.1 Å². The summed E-state index contributed by atoms with van der Waals surface area (Å²) >= 11 is 0. The lowest BCUT2D eigenvalue weighted by molar-refractivity contribution is -0.137. The average Bonchev–Trinajstić information content (AvgIpc) is 2.92. The second-order valence-electron chi connectivity index (χ2n) is 7.20. The molecule has 0 spiro atoms. The standard InChI is InChI=1S/C18H25F3N8/c1-12(15-24-16(22)26-17(25-15)27(2)3)28-7-4-8-29(10-9-28)14-6-5-13(11-23-14)18(19,20)21/h5-6,11-12H,4,7-10H2,1-3H3,(H2,22,24,25,26)/t12-/m0/s1. The molecular weight excluding hydrogens is 385 g/mol. The Morgan fingerprint density at radius 2 is 1.83 bits per heavy atom. The molecule has 3 heterocycles. The molecule has 0 saturated carbocycles. The predicted molar refractivity (Wildman–Crippen MR) is 105 cm³/mol. The summed E-state index contributed by atoms with van der Waals surface area (Å²) in [5.41, 5.74) is 5.09. The van der Waals surface area contributed by atoms with Crippen LogP contribution >= 0.6 is 0 Å². The molecule has 0 aromatic carbocycles. The molecule has 29 heavy (non-hydrogen) atoms. The normalized spacial score (nSPS) is 17.1. The van der Waals surface area contributed by atoms with E-state index in [1.165, 1.54) is 6.07 Å². The van der Waals surface area contributed by atoms with Crippen LogP contribution < -0.4 is 15.5 Å². The molecule has 1 aliphatic rings. The maximum Gasteiger partial charge on any atom is 0.417 e. The number of hydrogen-bond donors (Lipinski definition) is 1. The number of nitrogens with zero attached hydrogens (tertiary/aromatic N) is 7. The lowest BCUT2D eigenvalue weighted by atomic mass is 10.2. The summed E-state index contributed by atoms with van der Waals surface area (Å²) in [5.74, 6) is 1.83. The summed E-state index contributed by atoms with van der Waals surface area (Å²) in [6.07, 6.45) is -2.65. The van der Waals surface area contributed by atoms with E-state index in [0.29, 0.717) is 37.2 Å². The molecule has 0 aliphatic carbocycles. The number of anilines is 3. The summed E-state index contributed by atoms with van der Waals surface area (Å²) in [7, 11) is 3.67. The van der Waals surface area contributed by atoms with Crippen molar-refractivity contribution in [2.24, 2.45) is 0 Å². The maximum atomic E-state index is 12.7. The van der Waals surface area contributed by atoms with Gasteiger partial charge in [0.25, 0.3) is 0 Å². The van der Waals surface area contributed by atoms with Gasteiger partial charge in [-0.1, -0.05) is 0 Å². The quantitative estimate of drug-likeness (QED) is 0.821. The molecular formula is C18H25F3N8. The number of hydrogen-bond acceptors (Lipinski definition) is 8. The highest BCUT2D eigenvalue weighted by Crippen LogP contribution is 2.29. The van der Waals surface area contributed by atoms with E-state index in [1.54, 1.807) is 4.90 Å². The number of aromatic nitrogens is 4. The Morgan fingerprint density at radius 1 is 1.07 bits per heavy atom. The summed E-state index contributed by atoms with van der Waals surface area (Å²) in [6, 6.07) is 2.43. The molecule has 1 saturated heterocycles. The second-order valence-corrected chi connectivity index (χ2v) is 7.20. The Labute approximate surface area is 167 Å². The van der Waals surface area contributed by atoms with Gasteiger partial charge in [0.05, 0.1) is 11.6 Å². The molecule has 2 aromatic rings. The summed E-state index contributed by atoms with van der Waals surface area (Å²) in [4.78, 5) is 22.9. The fraction of sp³-hybridized carbons (Fsp3) is 0.556. The van der Waals surface area contributed by atoms with Crippen molar-refractivity contribution in [3.63, 3.8) is 0 Å². The first-order valence-electron chi connectivity index (χ1n) is 9.36. The van der Waals surface area contributed by atoms with Crippen molar-refractivity contribution in [1.29, 1.82) is 0 Å². The zero-order chi connectivity index (χ0) is 21.2. The molecule has 0 radical (unpaired) electrons. The van der Waals surface area contributed by atoms with Gasteiger partial charge in [-0.25, -0.2) is 4.98 Å². The average molecular weight is 410 g/mol. The van der Waals surface area contributed by atoms with Gasteiger partial charge in [-0.15, -0.1) is 0 Å². The molecule has 158 valence electrons. The third-order valence-corrected chi connectivity index (χ3v) is 4.91. The minimum absolute atomic E-state index is 0.0699. The van der Waals surface area contributed by atoms with Crippen LogP contribution in [0.3, 0.4) is 0 Å². The predicted octanol–water partition coefficient (Wildman–Crippen LogP) is 2.21. The number of halogens is 3. The van der Waals surface area contributed by atoms with E-state index in [9.17, 15) is 13.2 Å². The maximum absolute atomic E-state index is 12.7. The monoisotopic (exact) mass is 410 g/mol. The highest BCUT2D eigenvalue weighted by atomic mass is 19.4. The molecule has 0 unspecified atom stereocenters. The van der Waals surface area contributed by atoms with E-state index in [2.05, 4.69) is 24.8 Å². The fourth-order valence-electron chi connectivity index (χ4n) is 3.24. The van der Waals surface area contributed by atoms with E-state index in [-0.39, 0.29) is 12.0 Å². The van der Waals surface area contributed by atoms with E-state index >= 15 is 0 Å². The Kier molecular flexibility index (Phi) is 6.06. The van der Waals surface area contributed by atoms with Crippen LogP contribution in [0.25, 0.3) is 0 Å². The van der Waals surface area contributed by atoms with Crippen molar-refractivity contribution in [1.82, 2.24) is 24.8 Å². The molecule has 8 nitrogen and oxygen atoms in total. The van der Waals surface area contributed by atoms with Gasteiger partial charge < -0.3 is 15.5 Å². The molecule has 11 heteroatoms. The van der Waals surface area contributed by atoms with E-state index < -0.39 is 11.7 Å². The van der Waals surface area contributed by atoms with Crippen molar-refractivity contribution < 1.29 is 13.2 Å². The van der Waals surface area contributed by atoms with Crippen molar-refractivity contribution in [3.05, 3.63) is 29.7 Å². The number of rotatable bonds is 4. The second kappa shape index (κ2) is 8.36. The van der Waals surface area contributed by atoms with Gasteiger partial charge in [0.1, 0.15) is 5.82 Å². The summed E-state index contributed by atoms with van der Waals surface area (Å²) in [5, 5.41) is 0. The smallest absolute Gasteiger partial charge is 0.368 e. The van der Waals surface area contributed by atoms with Gasteiger partial charge in [0.15, 0.2) is 5.82 Å². The molecule has 2 aromatic heterocycles. The number of nitrogen functional groups attached to an aromatic ring is 1. The Morgan fingerprint density at radius 3 is 2.45 bits per heavy atom. The number of nitrogens with two attached hydrogens (primary N) is 1. The number of alkyl halides is 3. The SMILES string of the molecule is C[C@@H](c1nc(N)nc(N(C)C)n1)N1CCCN(c2ccc(C(F)(F)F)cn2)CC1. The lowest BCUT2D eigenvalue weighted by Crippen LogP contribution is -2.34. The minimum atomic E-state index is -4.38. The highest BCUT2D eigenvalue weighted by Gasteiger charge is 2.31. The summed E-state index contributed by atoms with van der Waals surface area (Å²) < 4.78 is 38.2. The minimum Gasteiger partial charge on any atom is -0.368 e.